The predicted molar refractivity (Wildman–Crippen MR) is 113 cm³/mol. The van der Waals surface area contributed by atoms with Gasteiger partial charge in [-0.1, -0.05) is 25.1 Å². The Labute approximate surface area is 170 Å². The lowest BCUT2D eigenvalue weighted by Gasteiger charge is -2.16. The molecular formula is C24H25NO4. The number of aromatic nitrogens is 1. The van der Waals surface area contributed by atoms with E-state index >= 15 is 0 Å². The predicted octanol–water partition coefficient (Wildman–Crippen LogP) is 4.93. The van der Waals surface area contributed by atoms with Crippen molar-refractivity contribution in [3.8, 4) is 5.75 Å². The van der Waals surface area contributed by atoms with E-state index < -0.39 is 12.1 Å². The number of pyridine rings is 1. The molecule has 0 bridgehead atoms. The molecule has 3 rings (SSSR count). The summed E-state index contributed by atoms with van der Waals surface area (Å²) in [4.78, 5) is 30.4. The number of rotatable bonds is 7. The molecule has 29 heavy (non-hydrogen) atoms. The van der Waals surface area contributed by atoms with Crippen molar-refractivity contribution >= 4 is 22.7 Å². The largest absolute Gasteiger partial charge is 0.494 e. The summed E-state index contributed by atoms with van der Waals surface area (Å²) in [6.45, 7) is 7.91. The summed E-state index contributed by atoms with van der Waals surface area (Å²) in [5.41, 5.74) is 3.32. The number of ketones is 1. The van der Waals surface area contributed by atoms with Crippen LogP contribution in [0.3, 0.4) is 0 Å². The van der Waals surface area contributed by atoms with Crippen molar-refractivity contribution < 1.29 is 19.1 Å². The molecule has 0 saturated heterocycles. The van der Waals surface area contributed by atoms with Crippen LogP contribution in [0.1, 0.15) is 52.7 Å². The number of nitrogens with zero attached hydrogens (tertiary/aromatic N) is 1. The molecule has 1 aromatic heterocycles. The van der Waals surface area contributed by atoms with Crippen molar-refractivity contribution in [1.82, 2.24) is 4.98 Å². The molecule has 3 aromatic rings. The Hall–Kier alpha value is -3.21. The lowest BCUT2D eigenvalue weighted by atomic mass is 10.00. The van der Waals surface area contributed by atoms with Crippen LogP contribution in [0.25, 0.3) is 10.9 Å². The van der Waals surface area contributed by atoms with Gasteiger partial charge in [0.05, 0.1) is 17.7 Å². The number of fused-ring (bicyclic) bond motifs is 1. The minimum atomic E-state index is -0.906. The zero-order valence-corrected chi connectivity index (χ0v) is 17.2. The standard InChI is InChI=1S/C24H25NO4/c1-5-20-15(3)22(19-9-7-8-10-21(19)25-20)24(27)29-16(4)23(26)17-11-13-18(14-12-17)28-6-2/h7-14,16H,5-6H2,1-4H3/t16-/m0/s1. The van der Waals surface area contributed by atoms with Crippen molar-refractivity contribution in [3.63, 3.8) is 0 Å². The van der Waals surface area contributed by atoms with Crippen LogP contribution in [0.15, 0.2) is 48.5 Å². The van der Waals surface area contributed by atoms with Crippen LogP contribution in [0, 0.1) is 6.92 Å². The number of para-hydroxylation sites is 1. The van der Waals surface area contributed by atoms with Crippen molar-refractivity contribution in [2.75, 3.05) is 6.61 Å². The van der Waals surface area contributed by atoms with E-state index in [1.165, 1.54) is 0 Å². The maximum absolute atomic E-state index is 13.0. The van der Waals surface area contributed by atoms with Gasteiger partial charge in [-0.15, -0.1) is 0 Å². The Balaban J connectivity index is 1.86. The van der Waals surface area contributed by atoms with Gasteiger partial charge in [-0.3, -0.25) is 9.78 Å². The average Bonchev–Trinajstić information content (AvgIpc) is 2.73. The molecule has 5 heteroatoms. The molecule has 0 amide bonds. The lowest BCUT2D eigenvalue weighted by molar-refractivity contribution is 0.0320. The van der Waals surface area contributed by atoms with Gasteiger partial charge >= 0.3 is 5.97 Å². The number of Topliss-reactive ketones (excluding diaryl/α,β-unsaturated/α-hetero) is 1. The molecule has 5 nitrogen and oxygen atoms in total. The molecule has 150 valence electrons. The second-order valence-electron chi connectivity index (χ2n) is 6.80. The molecule has 0 fully saturated rings. The zero-order valence-electron chi connectivity index (χ0n) is 17.2. The molecule has 1 heterocycles. The fourth-order valence-corrected chi connectivity index (χ4v) is 3.36. The van der Waals surface area contributed by atoms with Crippen molar-refractivity contribution in [2.45, 2.75) is 40.2 Å². The summed E-state index contributed by atoms with van der Waals surface area (Å²) in [6, 6.07) is 14.3. The Kier molecular flexibility index (Phi) is 6.27. The Morgan fingerprint density at radius 3 is 2.38 bits per heavy atom. The molecule has 0 saturated carbocycles. The van der Waals surface area contributed by atoms with Gasteiger partial charge in [-0.2, -0.15) is 0 Å². The molecule has 2 aromatic carbocycles. The van der Waals surface area contributed by atoms with Crippen LogP contribution in [-0.2, 0) is 11.2 Å². The molecule has 0 unspecified atom stereocenters. The lowest BCUT2D eigenvalue weighted by Crippen LogP contribution is -2.25. The van der Waals surface area contributed by atoms with Crippen molar-refractivity contribution in [3.05, 3.63) is 70.9 Å². The topological polar surface area (TPSA) is 65.5 Å². The first kappa shape index (κ1) is 20.5. The Morgan fingerprint density at radius 2 is 1.72 bits per heavy atom. The highest BCUT2D eigenvalue weighted by molar-refractivity contribution is 6.07. The van der Waals surface area contributed by atoms with Gasteiger partial charge < -0.3 is 9.47 Å². The SMILES string of the molecule is CCOc1ccc(C(=O)[C@H](C)OC(=O)c2c(C)c(CC)nc3ccccc23)cc1. The molecule has 0 aliphatic heterocycles. The third-order valence-electron chi connectivity index (χ3n) is 4.88. The van der Waals surface area contributed by atoms with E-state index in [-0.39, 0.29) is 5.78 Å². The highest BCUT2D eigenvalue weighted by Gasteiger charge is 2.24. The van der Waals surface area contributed by atoms with Crippen LogP contribution in [0.4, 0.5) is 0 Å². The van der Waals surface area contributed by atoms with Gasteiger partial charge in [0.2, 0.25) is 5.78 Å². The normalized spacial score (nSPS) is 11.9. The minimum absolute atomic E-state index is 0.256. The number of hydrogen-bond acceptors (Lipinski definition) is 5. The van der Waals surface area contributed by atoms with Gasteiger partial charge in [0.1, 0.15) is 5.75 Å². The van der Waals surface area contributed by atoms with Crippen LogP contribution in [0.5, 0.6) is 5.75 Å². The van der Waals surface area contributed by atoms with E-state index in [4.69, 9.17) is 9.47 Å². The maximum Gasteiger partial charge on any atom is 0.339 e. The smallest absolute Gasteiger partial charge is 0.339 e. The van der Waals surface area contributed by atoms with Crippen molar-refractivity contribution in [1.29, 1.82) is 0 Å². The first-order valence-electron chi connectivity index (χ1n) is 9.82. The van der Waals surface area contributed by atoms with Crippen LogP contribution in [0.2, 0.25) is 0 Å². The quantitative estimate of drug-likeness (QED) is 0.422. The summed E-state index contributed by atoms with van der Waals surface area (Å²) in [5, 5.41) is 0.730. The number of hydrogen-bond donors (Lipinski definition) is 0. The summed E-state index contributed by atoms with van der Waals surface area (Å²) in [5.74, 6) is -0.0737. The number of benzene rings is 2. The highest BCUT2D eigenvalue weighted by atomic mass is 16.5. The minimum Gasteiger partial charge on any atom is -0.494 e. The fraction of sp³-hybridized carbons (Fsp3) is 0.292. The van der Waals surface area contributed by atoms with E-state index in [1.807, 2.05) is 45.0 Å². The van der Waals surface area contributed by atoms with E-state index in [1.54, 1.807) is 31.2 Å². The monoisotopic (exact) mass is 391 g/mol. The van der Waals surface area contributed by atoms with Crippen molar-refractivity contribution in [2.24, 2.45) is 0 Å². The molecular weight excluding hydrogens is 366 g/mol. The summed E-state index contributed by atoms with van der Waals surface area (Å²) in [6.07, 6.45) is -0.200. The Bertz CT molecular complexity index is 1040. The van der Waals surface area contributed by atoms with Gasteiger partial charge in [0, 0.05) is 16.6 Å². The number of carbonyl (C=O) groups excluding carboxylic acids is 2. The second-order valence-corrected chi connectivity index (χ2v) is 6.80. The number of carbonyl (C=O) groups is 2. The van der Waals surface area contributed by atoms with Gasteiger partial charge in [-0.25, -0.2) is 4.79 Å². The third kappa shape index (κ3) is 4.29. The molecule has 0 spiro atoms. The van der Waals surface area contributed by atoms with E-state index in [0.29, 0.717) is 29.9 Å². The van der Waals surface area contributed by atoms with Gasteiger partial charge in [0.15, 0.2) is 6.10 Å². The second kappa shape index (κ2) is 8.86. The van der Waals surface area contributed by atoms with E-state index in [9.17, 15) is 9.59 Å². The average molecular weight is 391 g/mol. The van der Waals surface area contributed by atoms with Crippen LogP contribution < -0.4 is 4.74 Å². The molecule has 0 aliphatic rings. The van der Waals surface area contributed by atoms with E-state index in [0.717, 1.165) is 22.2 Å². The first-order chi connectivity index (χ1) is 14.0. The van der Waals surface area contributed by atoms with Crippen LogP contribution >= 0.6 is 0 Å². The molecule has 0 radical (unpaired) electrons. The number of esters is 1. The Morgan fingerprint density at radius 1 is 1.03 bits per heavy atom. The molecule has 0 aliphatic carbocycles. The van der Waals surface area contributed by atoms with E-state index in [2.05, 4.69) is 4.98 Å². The molecule has 1 atom stereocenters. The number of aryl methyl sites for hydroxylation is 1. The third-order valence-corrected chi connectivity index (χ3v) is 4.88. The summed E-state index contributed by atoms with van der Waals surface area (Å²) < 4.78 is 11.0. The van der Waals surface area contributed by atoms with Gasteiger partial charge in [-0.05, 0) is 63.1 Å². The fourth-order valence-electron chi connectivity index (χ4n) is 3.36. The van der Waals surface area contributed by atoms with Gasteiger partial charge in [0.25, 0.3) is 0 Å². The number of ether oxygens (including phenoxy) is 2. The maximum atomic E-state index is 13.0. The molecule has 0 N–H and O–H groups in total. The zero-order chi connectivity index (χ0) is 21.0. The summed E-state index contributed by atoms with van der Waals surface area (Å²) in [7, 11) is 0. The first-order valence-corrected chi connectivity index (χ1v) is 9.82. The van der Waals surface area contributed by atoms with Crippen LogP contribution in [-0.4, -0.2) is 29.4 Å². The summed E-state index contributed by atoms with van der Waals surface area (Å²) >= 11 is 0. The highest BCUT2D eigenvalue weighted by Crippen LogP contribution is 2.25.